The molecule has 26 heavy (non-hydrogen) atoms. The first-order valence-electron chi connectivity index (χ1n) is 7.86. The van der Waals surface area contributed by atoms with Gasteiger partial charge in [-0.25, -0.2) is 4.98 Å². The molecule has 1 amide bonds. The average molecular weight is 382 g/mol. The van der Waals surface area contributed by atoms with Gasteiger partial charge in [-0.2, -0.15) is 0 Å². The summed E-state index contributed by atoms with van der Waals surface area (Å²) in [6.07, 6.45) is 0. The maximum atomic E-state index is 12.1. The van der Waals surface area contributed by atoms with E-state index < -0.39 is 0 Å². The Labute approximate surface area is 157 Å². The number of para-hydroxylation sites is 1. The minimum atomic E-state index is -0.163. The Morgan fingerprint density at radius 1 is 1.15 bits per heavy atom. The summed E-state index contributed by atoms with van der Waals surface area (Å²) in [7, 11) is 0. The molecule has 4 aromatic rings. The van der Waals surface area contributed by atoms with Crippen molar-refractivity contribution < 1.29 is 9.21 Å². The second kappa shape index (κ2) is 7.27. The molecule has 0 aliphatic heterocycles. The number of benzene rings is 2. The van der Waals surface area contributed by atoms with Crippen molar-refractivity contribution in [3.05, 3.63) is 54.1 Å². The maximum absolute atomic E-state index is 12.1. The largest absolute Gasteiger partial charge is 0.411 e. The van der Waals surface area contributed by atoms with E-state index in [1.165, 1.54) is 23.1 Å². The predicted molar refractivity (Wildman–Crippen MR) is 103 cm³/mol. The van der Waals surface area contributed by atoms with Gasteiger partial charge in [-0.15, -0.1) is 10.2 Å². The van der Waals surface area contributed by atoms with Crippen molar-refractivity contribution in [2.24, 2.45) is 0 Å². The third-order valence-corrected chi connectivity index (χ3v) is 5.34. The highest BCUT2D eigenvalue weighted by Crippen LogP contribution is 2.26. The first-order chi connectivity index (χ1) is 12.7. The van der Waals surface area contributed by atoms with E-state index in [0.29, 0.717) is 16.2 Å². The van der Waals surface area contributed by atoms with Crippen molar-refractivity contribution >= 4 is 44.4 Å². The zero-order valence-corrected chi connectivity index (χ0v) is 15.4. The Morgan fingerprint density at radius 2 is 1.96 bits per heavy atom. The van der Waals surface area contributed by atoms with Crippen LogP contribution in [0.15, 0.2) is 58.2 Å². The molecule has 0 aliphatic carbocycles. The summed E-state index contributed by atoms with van der Waals surface area (Å²) < 4.78 is 6.64. The number of aromatic nitrogens is 3. The lowest BCUT2D eigenvalue weighted by molar-refractivity contribution is -0.113. The molecule has 2 aromatic carbocycles. The van der Waals surface area contributed by atoms with Crippen molar-refractivity contribution in [1.82, 2.24) is 15.2 Å². The second-order valence-electron chi connectivity index (χ2n) is 5.56. The van der Waals surface area contributed by atoms with Crippen molar-refractivity contribution in [2.75, 3.05) is 11.1 Å². The zero-order valence-electron chi connectivity index (χ0n) is 13.8. The number of amides is 1. The third-order valence-electron chi connectivity index (χ3n) is 3.57. The maximum Gasteiger partial charge on any atom is 0.277 e. The highest BCUT2D eigenvalue weighted by atomic mass is 32.2. The topological polar surface area (TPSA) is 80.9 Å². The van der Waals surface area contributed by atoms with Crippen molar-refractivity contribution in [2.45, 2.75) is 12.1 Å². The lowest BCUT2D eigenvalue weighted by Crippen LogP contribution is -2.13. The van der Waals surface area contributed by atoms with Gasteiger partial charge in [0.05, 0.1) is 16.0 Å². The van der Waals surface area contributed by atoms with Gasteiger partial charge >= 0.3 is 0 Å². The van der Waals surface area contributed by atoms with Gasteiger partial charge < -0.3 is 9.73 Å². The standard InChI is InChI=1S/C18H14N4O2S2/c1-11-6-8-12(9-7-11)16-21-22-18(24-16)25-10-15(23)20-17-19-13-4-2-3-5-14(13)26-17/h2-9H,10H2,1H3,(H,19,20,23). The molecule has 0 saturated heterocycles. The summed E-state index contributed by atoms with van der Waals surface area (Å²) in [6, 6.07) is 15.6. The molecule has 0 saturated carbocycles. The number of nitrogens with one attached hydrogen (secondary N) is 1. The number of rotatable bonds is 5. The molecule has 0 aliphatic rings. The smallest absolute Gasteiger partial charge is 0.277 e. The number of thioether (sulfide) groups is 1. The van der Waals surface area contributed by atoms with E-state index in [1.54, 1.807) is 0 Å². The molecule has 0 fully saturated rings. The molecule has 2 aromatic heterocycles. The molecule has 2 heterocycles. The minimum Gasteiger partial charge on any atom is -0.411 e. The average Bonchev–Trinajstić information content (AvgIpc) is 3.27. The van der Waals surface area contributed by atoms with E-state index in [1.807, 2.05) is 55.5 Å². The van der Waals surface area contributed by atoms with E-state index in [9.17, 15) is 4.79 Å². The van der Waals surface area contributed by atoms with E-state index >= 15 is 0 Å². The van der Waals surface area contributed by atoms with Gasteiger partial charge in [0, 0.05) is 5.56 Å². The fourth-order valence-electron chi connectivity index (χ4n) is 2.29. The molecule has 0 bridgehead atoms. The SMILES string of the molecule is Cc1ccc(-c2nnc(SCC(=O)Nc3nc4ccccc4s3)o2)cc1. The molecule has 0 radical (unpaired) electrons. The van der Waals surface area contributed by atoms with Crippen LogP contribution in [0.2, 0.25) is 0 Å². The third kappa shape index (κ3) is 3.76. The van der Waals surface area contributed by atoms with Crippen molar-refractivity contribution in [3.8, 4) is 11.5 Å². The van der Waals surface area contributed by atoms with E-state index in [2.05, 4.69) is 20.5 Å². The summed E-state index contributed by atoms with van der Waals surface area (Å²) in [4.78, 5) is 16.5. The Balaban J connectivity index is 1.36. The van der Waals surface area contributed by atoms with Gasteiger partial charge in [0.15, 0.2) is 5.13 Å². The highest BCUT2D eigenvalue weighted by Gasteiger charge is 2.12. The summed E-state index contributed by atoms with van der Waals surface area (Å²) in [5.41, 5.74) is 2.89. The minimum absolute atomic E-state index is 0.163. The Morgan fingerprint density at radius 3 is 2.77 bits per heavy atom. The van der Waals surface area contributed by atoms with Crippen LogP contribution in [0.4, 0.5) is 5.13 Å². The van der Waals surface area contributed by atoms with Gasteiger partial charge in [0.25, 0.3) is 5.22 Å². The normalized spacial score (nSPS) is 11.0. The number of fused-ring (bicyclic) bond motifs is 1. The van der Waals surface area contributed by atoms with Gasteiger partial charge in [0.2, 0.25) is 11.8 Å². The fraction of sp³-hybridized carbons (Fsp3) is 0.111. The molecule has 4 rings (SSSR count). The molecule has 130 valence electrons. The number of carbonyl (C=O) groups excluding carboxylic acids is 1. The molecule has 0 atom stereocenters. The lowest BCUT2D eigenvalue weighted by Gasteiger charge is -1.98. The van der Waals surface area contributed by atoms with Crippen LogP contribution in [-0.2, 0) is 4.79 Å². The Hall–Kier alpha value is -2.71. The van der Waals surface area contributed by atoms with Crippen LogP contribution < -0.4 is 5.32 Å². The number of thiazole rings is 1. The lowest BCUT2D eigenvalue weighted by atomic mass is 10.1. The van der Waals surface area contributed by atoms with Crippen LogP contribution in [0.25, 0.3) is 21.7 Å². The Bertz CT molecular complexity index is 1020. The second-order valence-corrected chi connectivity index (χ2v) is 7.52. The van der Waals surface area contributed by atoms with Gasteiger partial charge in [-0.05, 0) is 31.2 Å². The molecule has 6 nitrogen and oxygen atoms in total. The van der Waals surface area contributed by atoms with Crippen molar-refractivity contribution in [3.63, 3.8) is 0 Å². The summed E-state index contributed by atoms with van der Waals surface area (Å²) in [5, 5.41) is 11.8. The number of aryl methyl sites for hydroxylation is 1. The fourth-order valence-corrected chi connectivity index (χ4v) is 3.73. The molecular weight excluding hydrogens is 368 g/mol. The predicted octanol–water partition coefficient (Wildman–Crippen LogP) is 4.39. The number of carbonyl (C=O) groups is 1. The summed E-state index contributed by atoms with van der Waals surface area (Å²) in [5.74, 6) is 0.453. The van der Waals surface area contributed by atoms with Gasteiger partial charge in [-0.3, -0.25) is 4.79 Å². The van der Waals surface area contributed by atoms with Crippen LogP contribution in [0, 0.1) is 6.92 Å². The van der Waals surface area contributed by atoms with Gasteiger partial charge in [0.1, 0.15) is 0 Å². The first kappa shape index (κ1) is 16.7. The number of hydrogen-bond donors (Lipinski definition) is 1. The molecule has 0 spiro atoms. The summed E-state index contributed by atoms with van der Waals surface area (Å²) >= 11 is 2.64. The van der Waals surface area contributed by atoms with Crippen LogP contribution in [0.3, 0.4) is 0 Å². The number of nitrogens with zero attached hydrogens (tertiary/aromatic N) is 3. The number of hydrogen-bond acceptors (Lipinski definition) is 7. The van der Waals surface area contributed by atoms with Crippen LogP contribution in [0.1, 0.15) is 5.56 Å². The molecular formula is C18H14N4O2S2. The molecule has 0 unspecified atom stereocenters. The number of anilines is 1. The zero-order chi connectivity index (χ0) is 17.9. The van der Waals surface area contributed by atoms with E-state index in [-0.39, 0.29) is 11.7 Å². The van der Waals surface area contributed by atoms with Crippen LogP contribution in [-0.4, -0.2) is 26.8 Å². The van der Waals surface area contributed by atoms with Crippen molar-refractivity contribution in [1.29, 1.82) is 0 Å². The van der Waals surface area contributed by atoms with Crippen LogP contribution in [0.5, 0.6) is 0 Å². The van der Waals surface area contributed by atoms with Crippen LogP contribution >= 0.6 is 23.1 Å². The quantitative estimate of drug-likeness (QED) is 0.516. The van der Waals surface area contributed by atoms with Gasteiger partial charge in [-0.1, -0.05) is 52.9 Å². The molecule has 1 N–H and O–H groups in total. The first-order valence-corrected chi connectivity index (χ1v) is 9.66. The van der Waals surface area contributed by atoms with E-state index in [0.717, 1.165) is 21.3 Å². The monoisotopic (exact) mass is 382 g/mol. The van der Waals surface area contributed by atoms with E-state index in [4.69, 9.17) is 4.42 Å². The summed E-state index contributed by atoms with van der Waals surface area (Å²) in [6.45, 7) is 2.02. The molecule has 8 heteroatoms. The highest BCUT2D eigenvalue weighted by molar-refractivity contribution is 7.99. The Kier molecular flexibility index (Phi) is 4.68.